The minimum atomic E-state index is -0.749. The topological polar surface area (TPSA) is 65.9 Å². The van der Waals surface area contributed by atoms with E-state index in [0.29, 0.717) is 41.7 Å². The van der Waals surface area contributed by atoms with Crippen molar-refractivity contribution in [3.63, 3.8) is 0 Å². The number of hydrogen-bond donors (Lipinski definition) is 1. The molecular formula is C27H32F2N6O. The van der Waals surface area contributed by atoms with Gasteiger partial charge in [-0.3, -0.25) is 4.99 Å². The number of amidine groups is 1. The number of rotatable bonds is 4. The molecule has 0 spiro atoms. The van der Waals surface area contributed by atoms with E-state index in [1.54, 1.807) is 12.1 Å². The molecule has 1 N–H and O–H groups in total. The van der Waals surface area contributed by atoms with Crippen molar-refractivity contribution in [2.75, 3.05) is 50.0 Å². The van der Waals surface area contributed by atoms with Gasteiger partial charge in [-0.2, -0.15) is 9.97 Å². The third kappa shape index (κ3) is 4.97. The van der Waals surface area contributed by atoms with Gasteiger partial charge in [0.1, 0.15) is 11.7 Å². The number of anilines is 2. The maximum atomic E-state index is 15.3. The molecule has 0 atom stereocenters. The molecule has 0 saturated carbocycles. The van der Waals surface area contributed by atoms with Crippen molar-refractivity contribution in [3.8, 4) is 11.6 Å². The van der Waals surface area contributed by atoms with E-state index in [1.807, 2.05) is 17.9 Å². The van der Waals surface area contributed by atoms with Crippen LogP contribution in [0.25, 0.3) is 6.08 Å². The Hall–Kier alpha value is -3.33. The average molecular weight is 495 g/mol. The summed E-state index contributed by atoms with van der Waals surface area (Å²) in [5.74, 6) is -0.269. The lowest BCUT2D eigenvalue weighted by atomic mass is 9.87. The molecule has 7 nitrogen and oxygen atoms in total. The van der Waals surface area contributed by atoms with Gasteiger partial charge >= 0.3 is 0 Å². The molecule has 5 rings (SSSR count). The highest BCUT2D eigenvalue weighted by Gasteiger charge is 2.25. The van der Waals surface area contributed by atoms with Crippen molar-refractivity contribution < 1.29 is 13.5 Å². The SMILES string of the molecule is CC1=Cc2c(cc(F)c(Oc3cc(NC4=NCC(C(C)(C)C)=C4)nc(N4CCN(C)CC4)n3)c2F)C1. The molecular weight excluding hydrogens is 462 g/mol. The maximum absolute atomic E-state index is 15.3. The van der Waals surface area contributed by atoms with E-state index in [-0.39, 0.29) is 11.3 Å². The Bertz CT molecular complexity index is 1290. The third-order valence-electron chi connectivity index (χ3n) is 6.79. The molecule has 2 aromatic rings. The van der Waals surface area contributed by atoms with Crippen molar-refractivity contribution in [2.45, 2.75) is 34.1 Å². The minimum Gasteiger partial charge on any atom is -0.433 e. The first kappa shape index (κ1) is 24.4. The molecule has 1 aromatic heterocycles. The summed E-state index contributed by atoms with van der Waals surface area (Å²) in [5.41, 5.74) is 3.19. The Kier molecular flexibility index (Phi) is 6.28. The first-order valence-electron chi connectivity index (χ1n) is 12.3. The minimum absolute atomic E-state index is 0.00723. The quantitative estimate of drug-likeness (QED) is 0.641. The van der Waals surface area contributed by atoms with Gasteiger partial charge in [-0.1, -0.05) is 32.4 Å². The number of likely N-dealkylation sites (N-methyl/N-ethyl adjacent to an activating group) is 1. The summed E-state index contributed by atoms with van der Waals surface area (Å²) >= 11 is 0. The molecule has 0 amide bonds. The first-order valence-corrected chi connectivity index (χ1v) is 12.3. The molecule has 36 heavy (non-hydrogen) atoms. The van der Waals surface area contributed by atoms with Gasteiger partial charge in [0.2, 0.25) is 17.6 Å². The Morgan fingerprint density at radius 1 is 1.03 bits per heavy atom. The number of piperazine rings is 1. The van der Waals surface area contributed by atoms with Gasteiger partial charge in [0, 0.05) is 37.8 Å². The fourth-order valence-corrected chi connectivity index (χ4v) is 4.53. The predicted molar refractivity (Wildman–Crippen MR) is 139 cm³/mol. The summed E-state index contributed by atoms with van der Waals surface area (Å²) in [5, 5.41) is 3.24. The van der Waals surface area contributed by atoms with E-state index in [0.717, 1.165) is 31.8 Å². The highest BCUT2D eigenvalue weighted by molar-refractivity contribution is 6.05. The van der Waals surface area contributed by atoms with Crippen LogP contribution in [0.15, 0.2) is 34.3 Å². The van der Waals surface area contributed by atoms with Crippen LogP contribution in [-0.2, 0) is 6.42 Å². The van der Waals surface area contributed by atoms with Crippen LogP contribution in [0, 0.1) is 17.0 Å². The number of aromatic nitrogens is 2. The predicted octanol–water partition coefficient (Wildman–Crippen LogP) is 5.05. The van der Waals surface area contributed by atoms with Gasteiger partial charge in [0.15, 0.2) is 11.6 Å². The normalized spacial score (nSPS) is 18.1. The highest BCUT2D eigenvalue weighted by Crippen LogP contribution is 2.37. The number of nitrogens with one attached hydrogen (secondary N) is 1. The number of hydrogen-bond acceptors (Lipinski definition) is 7. The molecule has 1 aromatic carbocycles. The fourth-order valence-electron chi connectivity index (χ4n) is 4.53. The zero-order chi connectivity index (χ0) is 25.6. The largest absolute Gasteiger partial charge is 0.433 e. The monoisotopic (exact) mass is 494 g/mol. The van der Waals surface area contributed by atoms with E-state index < -0.39 is 17.4 Å². The van der Waals surface area contributed by atoms with Gasteiger partial charge in [0.25, 0.3) is 0 Å². The van der Waals surface area contributed by atoms with E-state index >= 15 is 4.39 Å². The van der Waals surface area contributed by atoms with Gasteiger partial charge in [-0.15, -0.1) is 0 Å². The summed E-state index contributed by atoms with van der Waals surface area (Å²) in [6, 6.07) is 2.90. The summed E-state index contributed by atoms with van der Waals surface area (Å²) in [6.45, 7) is 12.2. The lowest BCUT2D eigenvalue weighted by Gasteiger charge is -2.32. The van der Waals surface area contributed by atoms with Crippen LogP contribution >= 0.6 is 0 Å². The third-order valence-corrected chi connectivity index (χ3v) is 6.79. The van der Waals surface area contributed by atoms with Crippen molar-refractivity contribution in [3.05, 3.63) is 52.1 Å². The van der Waals surface area contributed by atoms with Crippen molar-refractivity contribution in [2.24, 2.45) is 10.4 Å². The highest BCUT2D eigenvalue weighted by atomic mass is 19.1. The Morgan fingerprint density at radius 3 is 2.47 bits per heavy atom. The summed E-state index contributed by atoms with van der Waals surface area (Å²) in [7, 11) is 2.07. The van der Waals surface area contributed by atoms with Gasteiger partial charge in [-0.05, 0) is 49.1 Å². The number of aliphatic imine (C=N–C) groups is 1. The summed E-state index contributed by atoms with van der Waals surface area (Å²) in [4.78, 5) is 18.1. The van der Waals surface area contributed by atoms with E-state index in [1.165, 1.54) is 11.6 Å². The molecule has 1 aliphatic carbocycles. The number of nitrogens with zero attached hydrogens (tertiary/aromatic N) is 5. The smallest absolute Gasteiger partial charge is 0.230 e. The average Bonchev–Trinajstić information content (AvgIpc) is 3.43. The number of fused-ring (bicyclic) bond motifs is 1. The number of halogens is 2. The second kappa shape index (κ2) is 9.28. The molecule has 190 valence electrons. The second-order valence-corrected chi connectivity index (χ2v) is 10.8. The molecule has 2 aliphatic heterocycles. The zero-order valence-electron chi connectivity index (χ0n) is 21.5. The van der Waals surface area contributed by atoms with E-state index in [4.69, 9.17) is 4.74 Å². The van der Waals surface area contributed by atoms with Gasteiger partial charge < -0.3 is 19.9 Å². The second-order valence-electron chi connectivity index (χ2n) is 10.8. The molecule has 1 fully saturated rings. The standard InChI is InChI=1S/C27H32F2N6O/c1-16-10-17-12-20(28)25(24(29)19(17)11-16)36-23-14-22(31-21-13-18(15-30-21)27(2,3)4)32-26(33-23)35-8-6-34(5)7-9-35/h11-14H,6-10,15H2,1-5H3,(H,30,31,32,33). The summed E-state index contributed by atoms with van der Waals surface area (Å²) in [6.07, 6.45) is 4.29. The van der Waals surface area contributed by atoms with Crippen molar-refractivity contribution in [1.29, 1.82) is 0 Å². The Labute approximate surface area is 210 Å². The number of ether oxygens (including phenoxy) is 1. The van der Waals surface area contributed by atoms with Crippen molar-refractivity contribution in [1.82, 2.24) is 14.9 Å². The lowest BCUT2D eigenvalue weighted by molar-refractivity contribution is 0.310. The molecule has 0 unspecified atom stereocenters. The van der Waals surface area contributed by atoms with E-state index in [9.17, 15) is 4.39 Å². The molecule has 3 heterocycles. The Morgan fingerprint density at radius 2 is 1.78 bits per heavy atom. The number of allylic oxidation sites excluding steroid dienone is 1. The van der Waals surface area contributed by atoms with Crippen LogP contribution in [0.3, 0.4) is 0 Å². The molecule has 0 bridgehead atoms. The molecule has 1 saturated heterocycles. The fraction of sp³-hybridized carbons (Fsp3) is 0.444. The van der Waals surface area contributed by atoms with Crippen LogP contribution in [0.4, 0.5) is 20.5 Å². The van der Waals surface area contributed by atoms with Crippen LogP contribution < -0.4 is 15.0 Å². The number of benzene rings is 1. The van der Waals surface area contributed by atoms with Crippen LogP contribution in [0.1, 0.15) is 38.8 Å². The maximum Gasteiger partial charge on any atom is 0.230 e. The van der Waals surface area contributed by atoms with Gasteiger partial charge in [0.05, 0.1) is 6.54 Å². The summed E-state index contributed by atoms with van der Waals surface area (Å²) < 4.78 is 35.9. The Balaban J connectivity index is 1.48. The molecule has 0 radical (unpaired) electrons. The molecule has 3 aliphatic rings. The van der Waals surface area contributed by atoms with Gasteiger partial charge in [-0.25, -0.2) is 8.78 Å². The lowest BCUT2D eigenvalue weighted by Crippen LogP contribution is -2.45. The van der Waals surface area contributed by atoms with Crippen molar-refractivity contribution >= 4 is 23.7 Å². The van der Waals surface area contributed by atoms with Crippen LogP contribution in [0.5, 0.6) is 11.6 Å². The van der Waals surface area contributed by atoms with Crippen LogP contribution in [0.2, 0.25) is 0 Å². The molecule has 9 heteroatoms. The van der Waals surface area contributed by atoms with E-state index in [2.05, 4.69) is 53.0 Å². The zero-order valence-corrected chi connectivity index (χ0v) is 21.5. The van der Waals surface area contributed by atoms with Crippen LogP contribution in [-0.4, -0.2) is 60.5 Å². The first-order chi connectivity index (χ1) is 17.1.